The summed E-state index contributed by atoms with van der Waals surface area (Å²) in [6.45, 7) is 13.6. The van der Waals surface area contributed by atoms with E-state index in [0.717, 1.165) is 5.69 Å². The molecule has 290 valence electrons. The number of anilines is 1. The number of fused-ring (bicyclic) bond motifs is 1. The number of cyclic esters (lactones) is 1. The summed E-state index contributed by atoms with van der Waals surface area (Å²) in [6.07, 6.45) is -3.64. The quantitative estimate of drug-likeness (QED) is 0.227. The number of nitriles is 1. The van der Waals surface area contributed by atoms with E-state index >= 15 is 0 Å². The van der Waals surface area contributed by atoms with Gasteiger partial charge in [0, 0.05) is 37.3 Å². The van der Waals surface area contributed by atoms with Gasteiger partial charge in [-0.1, -0.05) is 20.8 Å². The molecule has 0 bridgehead atoms. The average Bonchev–Trinajstić information content (AvgIpc) is 3.44. The van der Waals surface area contributed by atoms with Crippen LogP contribution in [0.5, 0.6) is 0 Å². The predicted molar refractivity (Wildman–Crippen MR) is 193 cm³/mol. The number of alkyl carbamates (subject to hydrolysis) is 1. The molecule has 3 saturated heterocycles. The Hall–Kier alpha value is -3.32. The molecule has 3 unspecified atom stereocenters. The largest absolute Gasteiger partial charge is 0.458 e. The number of esters is 1. The molecule has 1 aromatic rings. The zero-order valence-electron chi connectivity index (χ0n) is 32.3. The van der Waals surface area contributed by atoms with Crippen molar-refractivity contribution < 1.29 is 43.2 Å². The summed E-state index contributed by atoms with van der Waals surface area (Å²) in [5.74, 6) is -3.24. The van der Waals surface area contributed by atoms with Crippen molar-refractivity contribution in [1.29, 1.82) is 5.26 Å². The number of likely N-dealkylation sites (N-methyl/N-ethyl adjacent to an activating group) is 1. The average molecular weight is 730 g/mol. The number of ether oxygens (including phenoxy) is 5. The van der Waals surface area contributed by atoms with Crippen LogP contribution < -0.4 is 16.0 Å². The molecule has 0 aliphatic carbocycles. The van der Waals surface area contributed by atoms with E-state index in [9.17, 15) is 19.5 Å². The highest BCUT2D eigenvalue weighted by Crippen LogP contribution is 2.38. The van der Waals surface area contributed by atoms with Gasteiger partial charge in [0.1, 0.15) is 18.1 Å². The number of Topliss-reactive ketones (excluding diaryl/α,β-unsaturated/α-hetero) is 1. The van der Waals surface area contributed by atoms with Gasteiger partial charge >= 0.3 is 12.1 Å². The predicted octanol–water partition coefficient (Wildman–Crippen LogP) is 3.21. The van der Waals surface area contributed by atoms with Gasteiger partial charge in [-0.2, -0.15) is 5.26 Å². The van der Waals surface area contributed by atoms with E-state index in [1.54, 1.807) is 33.1 Å². The second kappa shape index (κ2) is 17.2. The molecular weight excluding hydrogens is 670 g/mol. The highest BCUT2D eigenvalue weighted by molar-refractivity contribution is 6.00. The second-order valence-corrected chi connectivity index (χ2v) is 15.5. The van der Waals surface area contributed by atoms with Crippen LogP contribution in [-0.4, -0.2) is 122 Å². The van der Waals surface area contributed by atoms with E-state index < -0.39 is 71.5 Å². The van der Waals surface area contributed by atoms with Gasteiger partial charge in [0.05, 0.1) is 35.5 Å². The summed E-state index contributed by atoms with van der Waals surface area (Å²) in [4.78, 5) is 42.4. The third-order valence-corrected chi connectivity index (χ3v) is 11.3. The molecule has 14 heteroatoms. The summed E-state index contributed by atoms with van der Waals surface area (Å²) >= 11 is 0. The first-order valence-corrected chi connectivity index (χ1v) is 18.4. The SMILES string of the molecule is CC[C@@H]1OC(=O)C(C)C(=O)[C@H](C)[C@@H](O[C@@H]2O[C@H](CNc3ccc(C#N)cc3)CC(N(C)C)C2O)[C@](C)(OC)C[C@@H](C)CN[C@H](C)[C@H]2NC(=O)O[C@]12C. The molecule has 0 saturated carbocycles. The van der Waals surface area contributed by atoms with Crippen molar-refractivity contribution in [3.05, 3.63) is 29.8 Å². The standard InChI is InChI=1S/C38H59N5O9/c1-11-29-38(7)32(42-36(47)52-38)24(5)40-19-21(2)17-37(6,48-10)33(22(3)30(44)23(4)34(46)50-29)51-35-31(45)28(43(8)9)16-27(49-35)20-41-26-14-12-25(18-39)13-15-26/h12-15,21-24,27-29,31-33,35,40-41,45H,11,16-17,19-20H2,1-10H3,(H,42,47)/t21-,22+,23?,24-,27+,28?,29+,31?,32-,33-,35+,37-,38-/m1/s1. The molecule has 0 spiro atoms. The Balaban J connectivity index is 1.66. The number of amides is 1. The number of aliphatic hydroxyl groups excluding tert-OH is 1. The fourth-order valence-corrected chi connectivity index (χ4v) is 8.05. The lowest BCUT2D eigenvalue weighted by Crippen LogP contribution is -2.60. The number of nitrogens with zero attached hydrogens (tertiary/aromatic N) is 2. The number of aliphatic hydroxyl groups is 1. The third kappa shape index (κ3) is 9.06. The fourth-order valence-electron chi connectivity index (χ4n) is 8.05. The van der Waals surface area contributed by atoms with Gasteiger partial charge < -0.3 is 49.6 Å². The Morgan fingerprint density at radius 3 is 2.38 bits per heavy atom. The monoisotopic (exact) mass is 729 g/mol. The van der Waals surface area contributed by atoms with Crippen molar-refractivity contribution in [2.24, 2.45) is 17.8 Å². The van der Waals surface area contributed by atoms with E-state index in [2.05, 4.69) is 28.9 Å². The van der Waals surface area contributed by atoms with Crippen LogP contribution in [0.4, 0.5) is 10.5 Å². The normalized spacial score (nSPS) is 39.3. The van der Waals surface area contributed by atoms with Gasteiger partial charge in [-0.15, -0.1) is 0 Å². The van der Waals surface area contributed by atoms with Crippen LogP contribution in [0.2, 0.25) is 0 Å². The maximum absolute atomic E-state index is 14.3. The van der Waals surface area contributed by atoms with E-state index in [1.807, 2.05) is 51.9 Å². The molecule has 1 amide bonds. The molecule has 0 radical (unpaired) electrons. The van der Waals surface area contributed by atoms with Crippen molar-refractivity contribution in [3.8, 4) is 6.07 Å². The zero-order valence-corrected chi connectivity index (χ0v) is 32.3. The van der Waals surface area contributed by atoms with E-state index in [0.29, 0.717) is 37.9 Å². The molecule has 4 rings (SSSR count). The number of nitrogens with one attached hydrogen (secondary N) is 3. The topological polar surface area (TPSA) is 181 Å². The first-order valence-electron chi connectivity index (χ1n) is 18.4. The molecule has 13 atom stereocenters. The molecule has 14 nitrogen and oxygen atoms in total. The molecule has 4 N–H and O–H groups in total. The van der Waals surface area contributed by atoms with Crippen molar-refractivity contribution in [2.45, 2.75) is 128 Å². The number of carbonyl (C=O) groups is 3. The van der Waals surface area contributed by atoms with Crippen LogP contribution in [0.25, 0.3) is 0 Å². The second-order valence-electron chi connectivity index (χ2n) is 15.5. The highest BCUT2D eigenvalue weighted by Gasteiger charge is 2.55. The maximum atomic E-state index is 14.3. The van der Waals surface area contributed by atoms with E-state index in [-0.39, 0.29) is 24.1 Å². The summed E-state index contributed by atoms with van der Waals surface area (Å²) in [7, 11) is 5.33. The van der Waals surface area contributed by atoms with E-state index in [4.69, 9.17) is 28.9 Å². The Morgan fingerprint density at radius 2 is 1.79 bits per heavy atom. The summed E-state index contributed by atoms with van der Waals surface area (Å²) in [6, 6.07) is 8.11. The molecular formula is C38H59N5O9. The Bertz CT molecular complexity index is 1440. The molecule has 1 aromatic carbocycles. The lowest BCUT2D eigenvalue weighted by molar-refractivity contribution is -0.296. The van der Waals surface area contributed by atoms with Crippen molar-refractivity contribution in [3.63, 3.8) is 0 Å². The minimum absolute atomic E-state index is 0.0106. The summed E-state index contributed by atoms with van der Waals surface area (Å²) < 4.78 is 31.1. The molecule has 0 aromatic heterocycles. The molecule has 3 aliphatic rings. The molecule has 52 heavy (non-hydrogen) atoms. The number of hydrogen-bond acceptors (Lipinski definition) is 13. The Labute approximate surface area is 308 Å². The van der Waals surface area contributed by atoms with Gasteiger partial charge in [0.2, 0.25) is 0 Å². The maximum Gasteiger partial charge on any atom is 0.408 e. The van der Waals surface area contributed by atoms with Gasteiger partial charge in [-0.3, -0.25) is 9.59 Å². The van der Waals surface area contributed by atoms with Gasteiger partial charge in [0.15, 0.2) is 17.7 Å². The van der Waals surface area contributed by atoms with Crippen LogP contribution in [0.3, 0.4) is 0 Å². The molecule has 3 aliphatic heterocycles. The van der Waals surface area contributed by atoms with E-state index in [1.165, 1.54) is 6.92 Å². The highest BCUT2D eigenvalue weighted by atomic mass is 16.7. The number of rotatable bonds is 8. The van der Waals surface area contributed by atoms with Gasteiger partial charge in [-0.25, -0.2) is 4.79 Å². The Morgan fingerprint density at radius 1 is 1.12 bits per heavy atom. The number of methoxy groups -OCH3 is 1. The number of carbonyl (C=O) groups excluding carboxylic acids is 3. The van der Waals surface area contributed by atoms with Gasteiger partial charge in [-0.05, 0) is 97.8 Å². The fraction of sp³-hybridized carbons (Fsp3) is 0.737. The van der Waals surface area contributed by atoms with Crippen LogP contribution in [0.1, 0.15) is 73.3 Å². The Kier molecular flexibility index (Phi) is 13.7. The number of hydrogen-bond donors (Lipinski definition) is 4. The van der Waals surface area contributed by atoms with Crippen LogP contribution in [0.15, 0.2) is 24.3 Å². The third-order valence-electron chi connectivity index (χ3n) is 11.3. The first-order chi connectivity index (χ1) is 24.5. The summed E-state index contributed by atoms with van der Waals surface area (Å²) in [5.41, 5.74) is -0.880. The number of ketones is 1. The molecule has 3 fully saturated rings. The minimum Gasteiger partial charge on any atom is -0.458 e. The first kappa shape index (κ1) is 41.4. The summed E-state index contributed by atoms with van der Waals surface area (Å²) in [5, 5.41) is 30.6. The molecule has 3 heterocycles. The van der Waals surface area contributed by atoms with Crippen molar-refractivity contribution >= 4 is 23.5 Å². The van der Waals surface area contributed by atoms with Crippen molar-refractivity contribution in [2.75, 3.05) is 39.6 Å². The van der Waals surface area contributed by atoms with Crippen LogP contribution in [0, 0.1) is 29.1 Å². The van der Waals surface area contributed by atoms with Crippen LogP contribution >= 0.6 is 0 Å². The minimum atomic E-state index is -1.18. The van der Waals surface area contributed by atoms with Crippen LogP contribution in [-0.2, 0) is 33.3 Å². The van der Waals surface area contributed by atoms with Crippen molar-refractivity contribution in [1.82, 2.24) is 15.5 Å². The zero-order chi connectivity index (χ0) is 38.5. The lowest BCUT2D eigenvalue weighted by Gasteiger charge is -2.47. The smallest absolute Gasteiger partial charge is 0.408 e. The number of benzene rings is 1. The lowest BCUT2D eigenvalue weighted by atomic mass is 9.78. The van der Waals surface area contributed by atoms with Gasteiger partial charge in [0.25, 0.3) is 0 Å².